The first-order valence-electron chi connectivity index (χ1n) is 8.67. The maximum absolute atomic E-state index is 13.0. The monoisotopic (exact) mass is 372 g/mol. The van der Waals surface area contributed by atoms with Crippen molar-refractivity contribution in [3.8, 4) is 0 Å². The number of carbonyl (C=O) groups excluding carboxylic acids is 1. The van der Waals surface area contributed by atoms with Crippen LogP contribution in [0.25, 0.3) is 0 Å². The van der Waals surface area contributed by atoms with Crippen molar-refractivity contribution in [1.29, 1.82) is 0 Å². The Morgan fingerprint density at radius 3 is 2.92 bits per heavy atom. The fraction of sp³-hybridized carbons (Fsp3) is 0.765. The third kappa shape index (κ3) is 4.09. The minimum absolute atomic E-state index is 0. The zero-order valence-corrected chi connectivity index (χ0v) is 16.4. The minimum atomic E-state index is 0. The van der Waals surface area contributed by atoms with Crippen molar-refractivity contribution >= 4 is 30.1 Å². The molecule has 1 N–H and O–H groups in total. The van der Waals surface area contributed by atoms with Gasteiger partial charge in [0.2, 0.25) is 5.91 Å². The van der Waals surface area contributed by atoms with Crippen LogP contribution in [-0.4, -0.2) is 57.8 Å². The summed E-state index contributed by atoms with van der Waals surface area (Å²) in [5.41, 5.74) is 1.18. The topological polar surface area (TPSA) is 50.2 Å². The van der Waals surface area contributed by atoms with Gasteiger partial charge in [-0.1, -0.05) is 6.92 Å². The molecule has 2 heterocycles. The lowest BCUT2D eigenvalue weighted by molar-refractivity contribution is -0.136. The Bertz CT molecular complexity index is 552. The maximum Gasteiger partial charge on any atom is 0.227 e. The number of nitrogens with one attached hydrogen (secondary N) is 1. The first-order chi connectivity index (χ1) is 11.1. The van der Waals surface area contributed by atoms with Gasteiger partial charge in [0.25, 0.3) is 0 Å². The van der Waals surface area contributed by atoms with Crippen LogP contribution >= 0.6 is 24.2 Å². The van der Waals surface area contributed by atoms with Gasteiger partial charge in [-0.05, 0) is 30.6 Å². The third-order valence-electron chi connectivity index (χ3n) is 5.34. The zero-order chi connectivity index (χ0) is 16.4. The van der Waals surface area contributed by atoms with E-state index in [-0.39, 0.29) is 24.2 Å². The summed E-state index contributed by atoms with van der Waals surface area (Å²) in [4.78, 5) is 15.1. The Balaban J connectivity index is 0.00000208. The quantitative estimate of drug-likeness (QED) is 0.861. The highest BCUT2D eigenvalue weighted by Crippen LogP contribution is 2.35. The van der Waals surface area contributed by atoms with E-state index in [4.69, 9.17) is 0 Å². The maximum atomic E-state index is 13.0. The summed E-state index contributed by atoms with van der Waals surface area (Å²) in [7, 11) is 3.93. The van der Waals surface area contributed by atoms with Gasteiger partial charge in [0, 0.05) is 50.6 Å². The number of amides is 1. The normalized spacial score (nSPS) is 29.5. The Hall–Kier alpha value is -0.720. The van der Waals surface area contributed by atoms with Gasteiger partial charge in [-0.2, -0.15) is 16.9 Å². The van der Waals surface area contributed by atoms with E-state index >= 15 is 0 Å². The van der Waals surface area contributed by atoms with Crippen LogP contribution in [0.1, 0.15) is 37.7 Å². The summed E-state index contributed by atoms with van der Waals surface area (Å²) in [5, 5.41) is 8.40. The van der Waals surface area contributed by atoms with E-state index in [2.05, 4.69) is 17.3 Å². The molecule has 4 atom stereocenters. The molecule has 1 amide bonds. The molecule has 7 heteroatoms. The predicted molar refractivity (Wildman–Crippen MR) is 102 cm³/mol. The molecular formula is C17H29ClN4OS. The Kier molecular flexibility index (Phi) is 7.01. The molecule has 1 aliphatic carbocycles. The van der Waals surface area contributed by atoms with Gasteiger partial charge in [-0.3, -0.25) is 9.48 Å². The van der Waals surface area contributed by atoms with Crippen molar-refractivity contribution in [2.24, 2.45) is 13.0 Å². The number of aryl methyl sites for hydroxylation is 1. The summed E-state index contributed by atoms with van der Waals surface area (Å²) in [6.07, 6.45) is 7.49. The van der Waals surface area contributed by atoms with E-state index in [9.17, 15) is 4.79 Å². The lowest BCUT2D eigenvalue weighted by Gasteiger charge is -2.29. The highest BCUT2D eigenvalue weighted by molar-refractivity contribution is 7.99. The highest BCUT2D eigenvalue weighted by Gasteiger charge is 2.39. The number of aromatic nitrogens is 2. The predicted octanol–water partition coefficient (Wildman–Crippen LogP) is 2.28. The minimum Gasteiger partial charge on any atom is -0.342 e. The smallest absolute Gasteiger partial charge is 0.227 e. The van der Waals surface area contributed by atoms with E-state index < -0.39 is 0 Å². The van der Waals surface area contributed by atoms with Crippen LogP contribution in [0.15, 0.2) is 12.4 Å². The Morgan fingerprint density at radius 2 is 2.25 bits per heavy atom. The molecule has 0 aromatic carbocycles. The van der Waals surface area contributed by atoms with Gasteiger partial charge in [0.05, 0.1) is 12.1 Å². The average molecular weight is 373 g/mol. The van der Waals surface area contributed by atoms with Gasteiger partial charge >= 0.3 is 0 Å². The molecule has 0 bridgehead atoms. The molecule has 1 saturated carbocycles. The molecule has 1 aliphatic heterocycles. The summed E-state index contributed by atoms with van der Waals surface area (Å²) >= 11 is 2.04. The molecule has 1 aromatic heterocycles. The number of hydrogen-bond donors (Lipinski definition) is 1. The standard InChI is InChI=1S/C17H28N4OS.ClH/c1-4-23-14-6-5-13(7-14)21(3)17(22)16-10-18-9-15(16)12-8-19-20(2)11-12;/h8,11,13-16,18H,4-7,9-10H2,1-3H3;1H/t13?,14?,15-,16+;/m1./s1. The molecule has 1 saturated heterocycles. The molecular weight excluding hydrogens is 344 g/mol. The molecule has 2 unspecified atom stereocenters. The summed E-state index contributed by atoms with van der Waals surface area (Å²) < 4.78 is 1.82. The van der Waals surface area contributed by atoms with E-state index in [1.54, 1.807) is 0 Å². The molecule has 3 rings (SSSR count). The lowest BCUT2D eigenvalue weighted by atomic mass is 9.89. The van der Waals surface area contributed by atoms with Crippen LogP contribution in [0, 0.1) is 5.92 Å². The molecule has 2 fully saturated rings. The fourth-order valence-corrected chi connectivity index (χ4v) is 5.15. The second-order valence-corrected chi connectivity index (χ2v) is 8.39. The Morgan fingerprint density at radius 1 is 1.46 bits per heavy atom. The third-order valence-corrected chi connectivity index (χ3v) is 6.57. The average Bonchev–Trinajstić information content (AvgIpc) is 3.25. The van der Waals surface area contributed by atoms with Crippen LogP contribution in [0.2, 0.25) is 0 Å². The van der Waals surface area contributed by atoms with Gasteiger partial charge < -0.3 is 10.2 Å². The van der Waals surface area contributed by atoms with E-state index in [0.717, 1.165) is 31.2 Å². The van der Waals surface area contributed by atoms with Crippen molar-refractivity contribution in [2.75, 3.05) is 25.9 Å². The molecule has 0 radical (unpaired) electrons. The van der Waals surface area contributed by atoms with Gasteiger partial charge in [0.1, 0.15) is 0 Å². The van der Waals surface area contributed by atoms with Crippen molar-refractivity contribution < 1.29 is 4.79 Å². The fourth-order valence-electron chi connectivity index (χ4n) is 4.02. The van der Waals surface area contributed by atoms with E-state index in [0.29, 0.717) is 11.9 Å². The lowest BCUT2D eigenvalue weighted by Crippen LogP contribution is -2.41. The second-order valence-electron chi connectivity index (χ2n) is 6.81. The number of rotatable bonds is 5. The summed E-state index contributed by atoms with van der Waals surface area (Å²) in [5.74, 6) is 1.77. The van der Waals surface area contributed by atoms with E-state index in [1.165, 1.54) is 17.7 Å². The van der Waals surface area contributed by atoms with E-state index in [1.807, 2.05) is 47.8 Å². The summed E-state index contributed by atoms with van der Waals surface area (Å²) in [6.45, 7) is 3.87. The van der Waals surface area contributed by atoms with Crippen molar-refractivity contribution in [2.45, 2.75) is 43.4 Å². The number of hydrogen-bond acceptors (Lipinski definition) is 4. The van der Waals surface area contributed by atoms with Crippen LogP contribution in [0.4, 0.5) is 0 Å². The largest absolute Gasteiger partial charge is 0.342 e. The summed E-state index contributed by atoms with van der Waals surface area (Å²) in [6, 6.07) is 0.418. The first-order valence-corrected chi connectivity index (χ1v) is 9.72. The van der Waals surface area contributed by atoms with Gasteiger partial charge in [0.15, 0.2) is 0 Å². The number of thioether (sulfide) groups is 1. The van der Waals surface area contributed by atoms with Crippen LogP contribution in [0.3, 0.4) is 0 Å². The van der Waals surface area contributed by atoms with Gasteiger partial charge in [-0.15, -0.1) is 12.4 Å². The molecule has 136 valence electrons. The SMILES string of the molecule is CCSC1CCC(N(C)C(=O)[C@H]2CNC[C@@H]2c2cnn(C)c2)C1.Cl. The number of nitrogens with zero attached hydrogens (tertiary/aromatic N) is 3. The first kappa shape index (κ1) is 19.6. The second kappa shape index (κ2) is 8.59. The van der Waals surface area contributed by atoms with Crippen LogP contribution in [0.5, 0.6) is 0 Å². The van der Waals surface area contributed by atoms with Crippen molar-refractivity contribution in [1.82, 2.24) is 20.0 Å². The van der Waals surface area contributed by atoms with Gasteiger partial charge in [-0.25, -0.2) is 0 Å². The molecule has 1 aromatic rings. The molecule has 24 heavy (non-hydrogen) atoms. The Labute approximate surface area is 155 Å². The van der Waals surface area contributed by atoms with Crippen LogP contribution < -0.4 is 5.32 Å². The van der Waals surface area contributed by atoms with Crippen molar-refractivity contribution in [3.05, 3.63) is 18.0 Å². The highest BCUT2D eigenvalue weighted by atomic mass is 35.5. The number of carbonyl (C=O) groups is 1. The van der Waals surface area contributed by atoms with Crippen LogP contribution in [-0.2, 0) is 11.8 Å². The zero-order valence-electron chi connectivity index (χ0n) is 14.8. The molecule has 2 aliphatic rings. The number of halogens is 1. The van der Waals surface area contributed by atoms with Crippen molar-refractivity contribution in [3.63, 3.8) is 0 Å². The molecule has 5 nitrogen and oxygen atoms in total. The molecule has 0 spiro atoms.